The molecule has 1 saturated heterocycles. The van der Waals surface area contributed by atoms with E-state index in [2.05, 4.69) is 33.5 Å². The number of hydrogen-bond donors (Lipinski definition) is 1. The molecule has 96 valence electrons. The molecule has 0 radical (unpaired) electrons. The summed E-state index contributed by atoms with van der Waals surface area (Å²) in [6.07, 6.45) is 4.97. The largest absolute Gasteiger partial charge is 0.341 e. The summed E-state index contributed by atoms with van der Waals surface area (Å²) in [5.74, 6) is 1.85. The van der Waals surface area contributed by atoms with E-state index in [1.165, 1.54) is 19.3 Å². The van der Waals surface area contributed by atoms with Gasteiger partial charge in [-0.15, -0.1) is 5.10 Å². The zero-order chi connectivity index (χ0) is 12.3. The number of hydrogen-bond acceptors (Lipinski definition) is 3. The van der Waals surface area contributed by atoms with Crippen molar-refractivity contribution in [2.75, 3.05) is 18.0 Å². The number of rotatable bonds is 4. The first-order valence-corrected chi connectivity index (χ1v) is 7.07. The van der Waals surface area contributed by atoms with E-state index in [4.69, 9.17) is 12.2 Å². The molecule has 0 spiro atoms. The topological polar surface area (TPSA) is 36.9 Å². The Kier molecular flexibility index (Phi) is 4.20. The van der Waals surface area contributed by atoms with E-state index < -0.39 is 0 Å². The molecule has 0 aromatic carbocycles. The Morgan fingerprint density at radius 3 is 3.00 bits per heavy atom. The van der Waals surface area contributed by atoms with Crippen LogP contribution in [-0.2, 0) is 6.54 Å². The van der Waals surface area contributed by atoms with E-state index in [1.807, 2.05) is 0 Å². The predicted octanol–water partition coefficient (Wildman–Crippen LogP) is 2.98. The molecule has 1 aromatic heterocycles. The van der Waals surface area contributed by atoms with E-state index in [1.54, 1.807) is 0 Å². The molecule has 0 aliphatic carbocycles. The Balaban J connectivity index is 2.18. The first-order chi connectivity index (χ1) is 8.26. The number of anilines is 1. The fourth-order valence-electron chi connectivity index (χ4n) is 2.56. The van der Waals surface area contributed by atoms with Crippen molar-refractivity contribution >= 4 is 18.2 Å². The molecule has 1 unspecified atom stereocenters. The van der Waals surface area contributed by atoms with Gasteiger partial charge in [0, 0.05) is 19.6 Å². The molecule has 1 atom stereocenters. The summed E-state index contributed by atoms with van der Waals surface area (Å²) >= 11 is 5.28. The third-order valence-corrected chi connectivity index (χ3v) is 3.88. The Labute approximate surface area is 108 Å². The molecular weight excluding hydrogens is 232 g/mol. The Hall–Kier alpha value is -0.840. The van der Waals surface area contributed by atoms with E-state index in [9.17, 15) is 0 Å². The van der Waals surface area contributed by atoms with Crippen LogP contribution < -0.4 is 4.90 Å². The normalized spacial score (nSPS) is 20.8. The molecule has 0 saturated carbocycles. The first-order valence-electron chi connectivity index (χ1n) is 6.66. The molecule has 5 heteroatoms. The molecule has 4 nitrogen and oxygen atoms in total. The number of H-pyrrole nitrogens is 1. The maximum absolute atomic E-state index is 5.28. The van der Waals surface area contributed by atoms with Crippen LogP contribution in [0.2, 0.25) is 0 Å². The minimum Gasteiger partial charge on any atom is -0.341 e. The van der Waals surface area contributed by atoms with Gasteiger partial charge in [0.15, 0.2) is 4.77 Å². The second-order valence-electron chi connectivity index (χ2n) is 4.84. The van der Waals surface area contributed by atoms with Crippen LogP contribution in [-0.4, -0.2) is 27.9 Å². The highest BCUT2D eigenvalue weighted by Gasteiger charge is 2.22. The quantitative estimate of drug-likeness (QED) is 0.839. The molecule has 1 aliphatic rings. The average molecular weight is 254 g/mol. The van der Waals surface area contributed by atoms with E-state index in [0.29, 0.717) is 0 Å². The second kappa shape index (κ2) is 5.67. The summed E-state index contributed by atoms with van der Waals surface area (Å²) < 4.78 is 2.88. The van der Waals surface area contributed by atoms with Crippen molar-refractivity contribution in [3.05, 3.63) is 4.77 Å². The predicted molar refractivity (Wildman–Crippen MR) is 72.9 cm³/mol. The van der Waals surface area contributed by atoms with Gasteiger partial charge < -0.3 is 4.90 Å². The average Bonchev–Trinajstić information content (AvgIpc) is 2.72. The van der Waals surface area contributed by atoms with Crippen LogP contribution in [0.25, 0.3) is 0 Å². The number of nitrogens with zero attached hydrogens (tertiary/aromatic N) is 3. The third kappa shape index (κ3) is 2.70. The highest BCUT2D eigenvalue weighted by molar-refractivity contribution is 7.71. The van der Waals surface area contributed by atoms with Gasteiger partial charge >= 0.3 is 0 Å². The van der Waals surface area contributed by atoms with Crippen molar-refractivity contribution in [1.82, 2.24) is 14.8 Å². The lowest BCUT2D eigenvalue weighted by atomic mass is 9.96. The standard InChI is InChI=1S/C12H22N4S/c1-3-7-16-11(13-14-12(16)17)15-8-5-6-10(4-2)9-15/h10H,3-9H2,1-2H3,(H,14,17). The lowest BCUT2D eigenvalue weighted by molar-refractivity contribution is 0.397. The van der Waals surface area contributed by atoms with Crippen LogP contribution >= 0.6 is 12.2 Å². The van der Waals surface area contributed by atoms with Gasteiger partial charge in [-0.05, 0) is 37.4 Å². The first kappa shape index (κ1) is 12.6. The van der Waals surface area contributed by atoms with Gasteiger partial charge in [-0.25, -0.2) is 5.10 Å². The molecule has 0 amide bonds. The molecule has 1 fully saturated rings. The highest BCUT2D eigenvalue weighted by Crippen LogP contribution is 2.23. The SMILES string of the molecule is CCCn1c(N2CCCC(CC)C2)n[nH]c1=S. The fourth-order valence-corrected chi connectivity index (χ4v) is 2.77. The van der Waals surface area contributed by atoms with Crippen LogP contribution in [0, 0.1) is 10.7 Å². The van der Waals surface area contributed by atoms with Gasteiger partial charge in [0.25, 0.3) is 0 Å². The van der Waals surface area contributed by atoms with Gasteiger partial charge in [-0.3, -0.25) is 4.57 Å². The Morgan fingerprint density at radius 1 is 1.47 bits per heavy atom. The number of nitrogens with one attached hydrogen (secondary N) is 1. The fraction of sp³-hybridized carbons (Fsp3) is 0.833. The minimum absolute atomic E-state index is 0.750. The summed E-state index contributed by atoms with van der Waals surface area (Å²) in [5, 5.41) is 7.32. The molecule has 1 N–H and O–H groups in total. The maximum Gasteiger partial charge on any atom is 0.225 e. The van der Waals surface area contributed by atoms with E-state index in [-0.39, 0.29) is 0 Å². The number of aromatic nitrogens is 3. The molecule has 0 bridgehead atoms. The van der Waals surface area contributed by atoms with Crippen LogP contribution in [0.1, 0.15) is 39.5 Å². The van der Waals surface area contributed by atoms with Gasteiger partial charge in [0.1, 0.15) is 0 Å². The number of aromatic amines is 1. The lowest BCUT2D eigenvalue weighted by Crippen LogP contribution is -2.37. The Bertz CT molecular complexity index is 409. The summed E-state index contributed by atoms with van der Waals surface area (Å²) in [4.78, 5) is 2.39. The Morgan fingerprint density at radius 2 is 2.29 bits per heavy atom. The zero-order valence-corrected chi connectivity index (χ0v) is 11.6. The van der Waals surface area contributed by atoms with Crippen LogP contribution in [0.5, 0.6) is 0 Å². The smallest absolute Gasteiger partial charge is 0.225 e. The van der Waals surface area contributed by atoms with Crippen LogP contribution in [0.4, 0.5) is 5.95 Å². The molecule has 17 heavy (non-hydrogen) atoms. The molecular formula is C12H22N4S. The van der Waals surface area contributed by atoms with Crippen molar-refractivity contribution in [3.8, 4) is 0 Å². The van der Waals surface area contributed by atoms with Crippen LogP contribution in [0.15, 0.2) is 0 Å². The van der Waals surface area contributed by atoms with Crippen molar-refractivity contribution in [2.24, 2.45) is 5.92 Å². The monoisotopic (exact) mass is 254 g/mol. The van der Waals surface area contributed by atoms with Crippen LogP contribution in [0.3, 0.4) is 0 Å². The second-order valence-corrected chi connectivity index (χ2v) is 5.23. The summed E-state index contributed by atoms with van der Waals surface area (Å²) in [6, 6.07) is 0. The van der Waals surface area contributed by atoms with E-state index >= 15 is 0 Å². The van der Waals surface area contributed by atoms with E-state index in [0.717, 1.165) is 42.7 Å². The van der Waals surface area contributed by atoms with Gasteiger partial charge in [0.2, 0.25) is 5.95 Å². The highest BCUT2D eigenvalue weighted by atomic mass is 32.1. The van der Waals surface area contributed by atoms with Crippen molar-refractivity contribution < 1.29 is 0 Å². The summed E-state index contributed by atoms with van der Waals surface area (Å²) in [6.45, 7) is 7.64. The van der Waals surface area contributed by atoms with Gasteiger partial charge in [-0.1, -0.05) is 20.3 Å². The maximum atomic E-state index is 5.28. The molecule has 1 aliphatic heterocycles. The van der Waals surface area contributed by atoms with Crippen molar-refractivity contribution in [1.29, 1.82) is 0 Å². The van der Waals surface area contributed by atoms with Gasteiger partial charge in [0.05, 0.1) is 0 Å². The van der Waals surface area contributed by atoms with Crippen molar-refractivity contribution in [3.63, 3.8) is 0 Å². The summed E-state index contributed by atoms with van der Waals surface area (Å²) in [5.41, 5.74) is 0. The molecule has 2 heterocycles. The minimum atomic E-state index is 0.750. The zero-order valence-electron chi connectivity index (χ0n) is 10.8. The third-order valence-electron chi connectivity index (χ3n) is 3.56. The number of piperidine rings is 1. The van der Waals surface area contributed by atoms with Gasteiger partial charge in [-0.2, -0.15) is 0 Å². The van der Waals surface area contributed by atoms with Crippen molar-refractivity contribution in [2.45, 2.75) is 46.1 Å². The molecule has 2 rings (SSSR count). The lowest BCUT2D eigenvalue weighted by Gasteiger charge is -2.32. The molecule has 1 aromatic rings. The summed E-state index contributed by atoms with van der Waals surface area (Å²) in [7, 11) is 0.